The zero-order valence-corrected chi connectivity index (χ0v) is 8.68. The number of rotatable bonds is 2. The minimum absolute atomic E-state index is 0.695. The molecule has 2 rings (SSSR count). The van der Waals surface area contributed by atoms with Crippen LogP contribution in [-0.4, -0.2) is 6.61 Å². The largest absolute Gasteiger partial charge is 0.491 e. The zero-order valence-electron chi connectivity index (χ0n) is 8.68. The molecule has 0 spiro atoms. The molecular formula is C12H17NO. The maximum atomic E-state index is 5.91. The molecule has 0 radical (unpaired) electrons. The first-order chi connectivity index (χ1) is 6.83. The summed E-state index contributed by atoms with van der Waals surface area (Å²) in [6.07, 6.45) is 4.85. The van der Waals surface area contributed by atoms with Gasteiger partial charge in [0.05, 0.1) is 12.3 Å². The van der Waals surface area contributed by atoms with Gasteiger partial charge in [-0.2, -0.15) is 0 Å². The van der Waals surface area contributed by atoms with E-state index >= 15 is 0 Å². The van der Waals surface area contributed by atoms with Crippen LogP contribution in [0.1, 0.15) is 30.9 Å². The number of hydrogen-bond acceptors (Lipinski definition) is 2. The molecule has 2 nitrogen and oxygen atoms in total. The van der Waals surface area contributed by atoms with Crippen LogP contribution in [0.2, 0.25) is 0 Å². The molecule has 0 aliphatic heterocycles. The van der Waals surface area contributed by atoms with Gasteiger partial charge in [-0.1, -0.05) is 6.07 Å². The summed E-state index contributed by atoms with van der Waals surface area (Å²) in [5.41, 5.74) is 9.46. The minimum Gasteiger partial charge on any atom is -0.491 e. The highest BCUT2D eigenvalue weighted by atomic mass is 16.5. The number of aryl methyl sites for hydroxylation is 1. The van der Waals surface area contributed by atoms with Gasteiger partial charge in [0.1, 0.15) is 5.75 Å². The molecule has 1 aromatic rings. The number of fused-ring (bicyclic) bond motifs is 1. The SMILES string of the molecule is CCOc1c(N)ccc2c1CCCC2. The lowest BCUT2D eigenvalue weighted by Crippen LogP contribution is -2.08. The third-order valence-electron chi connectivity index (χ3n) is 2.80. The molecule has 2 heteroatoms. The fourth-order valence-corrected chi connectivity index (χ4v) is 2.13. The summed E-state index contributed by atoms with van der Waals surface area (Å²) < 4.78 is 5.61. The number of benzene rings is 1. The second kappa shape index (κ2) is 3.91. The molecule has 1 aromatic carbocycles. The highest BCUT2D eigenvalue weighted by Crippen LogP contribution is 2.34. The Hall–Kier alpha value is -1.18. The number of nitrogens with two attached hydrogens (primary N) is 1. The maximum absolute atomic E-state index is 5.91. The standard InChI is InChI=1S/C12H17NO/c1-2-14-12-10-6-4-3-5-9(10)7-8-11(12)13/h7-8H,2-6,13H2,1H3. The Morgan fingerprint density at radius 2 is 2.07 bits per heavy atom. The predicted molar refractivity (Wildman–Crippen MR) is 58.7 cm³/mol. The number of nitrogen functional groups attached to an aromatic ring is 1. The van der Waals surface area contributed by atoms with Crippen molar-refractivity contribution in [1.29, 1.82) is 0 Å². The van der Waals surface area contributed by atoms with Crippen molar-refractivity contribution in [3.05, 3.63) is 23.3 Å². The van der Waals surface area contributed by atoms with Crippen LogP contribution >= 0.6 is 0 Å². The van der Waals surface area contributed by atoms with Gasteiger partial charge in [-0.05, 0) is 49.8 Å². The lowest BCUT2D eigenvalue weighted by molar-refractivity contribution is 0.336. The van der Waals surface area contributed by atoms with Crippen molar-refractivity contribution in [3.8, 4) is 5.75 Å². The third kappa shape index (κ3) is 1.57. The fourth-order valence-electron chi connectivity index (χ4n) is 2.13. The lowest BCUT2D eigenvalue weighted by atomic mass is 9.90. The van der Waals surface area contributed by atoms with Crippen molar-refractivity contribution in [3.63, 3.8) is 0 Å². The number of anilines is 1. The summed E-state index contributed by atoms with van der Waals surface area (Å²) in [6, 6.07) is 4.11. The number of hydrogen-bond donors (Lipinski definition) is 1. The molecule has 0 fully saturated rings. The molecule has 0 unspecified atom stereocenters. The van der Waals surface area contributed by atoms with Crippen LogP contribution in [0, 0.1) is 0 Å². The molecule has 76 valence electrons. The smallest absolute Gasteiger partial charge is 0.145 e. The van der Waals surface area contributed by atoms with Crippen LogP contribution < -0.4 is 10.5 Å². The minimum atomic E-state index is 0.695. The molecule has 1 aliphatic carbocycles. The van der Waals surface area contributed by atoms with Crippen molar-refractivity contribution < 1.29 is 4.74 Å². The van der Waals surface area contributed by atoms with Crippen LogP contribution in [-0.2, 0) is 12.8 Å². The van der Waals surface area contributed by atoms with Crippen LogP contribution in [0.5, 0.6) is 5.75 Å². The van der Waals surface area contributed by atoms with E-state index in [1.54, 1.807) is 0 Å². The first kappa shape index (κ1) is 9.38. The van der Waals surface area contributed by atoms with E-state index in [0.717, 1.165) is 17.9 Å². The molecule has 14 heavy (non-hydrogen) atoms. The normalized spacial score (nSPS) is 14.9. The van der Waals surface area contributed by atoms with E-state index in [1.807, 2.05) is 13.0 Å². The summed E-state index contributed by atoms with van der Waals surface area (Å²) >= 11 is 0. The summed E-state index contributed by atoms with van der Waals surface area (Å²) in [6.45, 7) is 2.70. The van der Waals surface area contributed by atoms with Gasteiger partial charge in [0, 0.05) is 0 Å². The quantitative estimate of drug-likeness (QED) is 0.729. The number of ether oxygens (including phenoxy) is 1. The van der Waals surface area contributed by atoms with E-state index in [9.17, 15) is 0 Å². The van der Waals surface area contributed by atoms with Gasteiger partial charge in [0.15, 0.2) is 0 Å². The first-order valence-electron chi connectivity index (χ1n) is 5.36. The van der Waals surface area contributed by atoms with Crippen LogP contribution in [0.3, 0.4) is 0 Å². The van der Waals surface area contributed by atoms with Crippen LogP contribution in [0.25, 0.3) is 0 Å². The molecule has 0 bridgehead atoms. The molecular weight excluding hydrogens is 174 g/mol. The van der Waals surface area contributed by atoms with Crippen molar-refractivity contribution in [1.82, 2.24) is 0 Å². The molecule has 0 heterocycles. The van der Waals surface area contributed by atoms with Gasteiger partial charge in [-0.3, -0.25) is 0 Å². The zero-order chi connectivity index (χ0) is 9.97. The van der Waals surface area contributed by atoms with E-state index in [2.05, 4.69) is 6.07 Å². The Balaban J connectivity index is 2.43. The van der Waals surface area contributed by atoms with E-state index in [1.165, 1.54) is 30.4 Å². The summed E-state index contributed by atoms with van der Waals surface area (Å²) in [7, 11) is 0. The molecule has 2 N–H and O–H groups in total. The van der Waals surface area contributed by atoms with Gasteiger partial charge >= 0.3 is 0 Å². The molecule has 1 aliphatic rings. The molecule has 0 saturated carbocycles. The first-order valence-corrected chi connectivity index (χ1v) is 5.36. The highest BCUT2D eigenvalue weighted by molar-refractivity contribution is 5.60. The van der Waals surface area contributed by atoms with E-state index < -0.39 is 0 Å². The van der Waals surface area contributed by atoms with Gasteiger partial charge in [-0.15, -0.1) is 0 Å². The Labute approximate surface area is 85.1 Å². The maximum Gasteiger partial charge on any atom is 0.145 e. The van der Waals surface area contributed by atoms with Gasteiger partial charge in [-0.25, -0.2) is 0 Å². The molecule has 0 atom stereocenters. The molecule has 0 saturated heterocycles. The van der Waals surface area contributed by atoms with E-state index in [0.29, 0.717) is 6.61 Å². The Morgan fingerprint density at radius 3 is 2.86 bits per heavy atom. The van der Waals surface area contributed by atoms with Crippen molar-refractivity contribution in [2.45, 2.75) is 32.6 Å². The monoisotopic (exact) mass is 191 g/mol. The molecule has 0 amide bonds. The molecule has 0 aromatic heterocycles. The average molecular weight is 191 g/mol. The topological polar surface area (TPSA) is 35.2 Å². The van der Waals surface area contributed by atoms with Gasteiger partial charge in [0.25, 0.3) is 0 Å². The Kier molecular flexibility index (Phi) is 2.62. The van der Waals surface area contributed by atoms with Crippen LogP contribution in [0.4, 0.5) is 5.69 Å². The van der Waals surface area contributed by atoms with Gasteiger partial charge < -0.3 is 10.5 Å². The Bertz CT molecular complexity index is 333. The van der Waals surface area contributed by atoms with Gasteiger partial charge in [0.2, 0.25) is 0 Å². The van der Waals surface area contributed by atoms with Crippen molar-refractivity contribution >= 4 is 5.69 Å². The lowest BCUT2D eigenvalue weighted by Gasteiger charge is -2.20. The second-order valence-corrected chi connectivity index (χ2v) is 3.76. The van der Waals surface area contributed by atoms with Crippen molar-refractivity contribution in [2.24, 2.45) is 0 Å². The van der Waals surface area contributed by atoms with Crippen LogP contribution in [0.15, 0.2) is 12.1 Å². The summed E-state index contributed by atoms with van der Waals surface area (Å²) in [5.74, 6) is 0.935. The second-order valence-electron chi connectivity index (χ2n) is 3.76. The average Bonchev–Trinajstić information content (AvgIpc) is 2.23. The summed E-state index contributed by atoms with van der Waals surface area (Å²) in [5, 5.41) is 0. The Morgan fingerprint density at radius 1 is 1.29 bits per heavy atom. The van der Waals surface area contributed by atoms with E-state index in [-0.39, 0.29) is 0 Å². The highest BCUT2D eigenvalue weighted by Gasteiger charge is 2.15. The summed E-state index contributed by atoms with van der Waals surface area (Å²) in [4.78, 5) is 0. The predicted octanol–water partition coefficient (Wildman–Crippen LogP) is 2.55. The van der Waals surface area contributed by atoms with E-state index in [4.69, 9.17) is 10.5 Å². The fraction of sp³-hybridized carbons (Fsp3) is 0.500. The third-order valence-corrected chi connectivity index (χ3v) is 2.80. The van der Waals surface area contributed by atoms with Crippen molar-refractivity contribution in [2.75, 3.05) is 12.3 Å².